The lowest BCUT2D eigenvalue weighted by atomic mass is 10.0. The number of nitrogens with one attached hydrogen (secondary N) is 1. The van der Waals surface area contributed by atoms with Gasteiger partial charge in [0.15, 0.2) is 0 Å². The van der Waals surface area contributed by atoms with E-state index in [2.05, 4.69) is 19.2 Å². The predicted octanol–water partition coefficient (Wildman–Crippen LogP) is 23.4. The lowest BCUT2D eigenvalue weighted by molar-refractivity contribution is -0.143. The first-order valence-corrected chi connectivity index (χ1v) is 36.3. The molecule has 0 bridgehead atoms. The van der Waals surface area contributed by atoms with Gasteiger partial charge in [0.1, 0.15) is 0 Å². The minimum absolute atomic E-state index is 0.0230. The molecule has 6 nitrogen and oxygen atoms in total. The van der Waals surface area contributed by atoms with E-state index in [4.69, 9.17) is 4.74 Å². The first kappa shape index (κ1) is 76.9. The maximum absolute atomic E-state index is 12.5. The second kappa shape index (κ2) is 68.4. The summed E-state index contributed by atoms with van der Waals surface area (Å²) in [7, 11) is 0. The Kier molecular flexibility index (Phi) is 67.4. The van der Waals surface area contributed by atoms with Crippen LogP contribution in [0.1, 0.15) is 425 Å². The van der Waals surface area contributed by atoms with Crippen molar-refractivity contribution < 1.29 is 24.5 Å². The van der Waals surface area contributed by atoms with Crippen LogP contribution < -0.4 is 5.32 Å². The summed E-state index contributed by atoms with van der Waals surface area (Å²) in [5.74, 6) is -0.00435. The first-order chi connectivity index (χ1) is 38.5. The van der Waals surface area contributed by atoms with Gasteiger partial charge in [0.25, 0.3) is 0 Å². The van der Waals surface area contributed by atoms with E-state index in [-0.39, 0.29) is 18.5 Å². The molecule has 466 valence electrons. The Morgan fingerprint density at radius 1 is 0.308 bits per heavy atom. The van der Waals surface area contributed by atoms with Crippen molar-refractivity contribution in [1.82, 2.24) is 5.32 Å². The zero-order chi connectivity index (χ0) is 56.4. The third-order valence-electron chi connectivity index (χ3n) is 17.4. The molecule has 6 heteroatoms. The topological polar surface area (TPSA) is 95.9 Å². The normalized spacial score (nSPS) is 12.4. The number of carbonyl (C=O) groups is 2. The summed E-state index contributed by atoms with van der Waals surface area (Å²) in [6.07, 6.45) is 83.0. The van der Waals surface area contributed by atoms with Crippen LogP contribution in [0.4, 0.5) is 0 Å². The van der Waals surface area contributed by atoms with Crippen LogP contribution >= 0.6 is 0 Å². The van der Waals surface area contributed by atoms with E-state index < -0.39 is 12.1 Å². The van der Waals surface area contributed by atoms with Crippen molar-refractivity contribution in [2.24, 2.45) is 0 Å². The minimum atomic E-state index is -0.662. The van der Waals surface area contributed by atoms with Crippen LogP contribution in [0.2, 0.25) is 0 Å². The van der Waals surface area contributed by atoms with Crippen molar-refractivity contribution in [2.45, 2.75) is 437 Å². The molecule has 0 aliphatic heterocycles. The molecular weight excluding hydrogens is 959 g/mol. The number of carbonyl (C=O) groups excluding carboxylic acids is 2. The van der Waals surface area contributed by atoms with Gasteiger partial charge in [-0.25, -0.2) is 0 Å². The molecule has 0 saturated carbocycles. The van der Waals surface area contributed by atoms with Crippen LogP contribution in [0.15, 0.2) is 0 Å². The van der Waals surface area contributed by atoms with E-state index in [1.807, 2.05) is 0 Å². The van der Waals surface area contributed by atoms with Gasteiger partial charge in [-0.15, -0.1) is 0 Å². The maximum Gasteiger partial charge on any atom is 0.305 e. The Hall–Kier alpha value is -1.14. The van der Waals surface area contributed by atoms with Crippen molar-refractivity contribution in [2.75, 3.05) is 13.2 Å². The van der Waals surface area contributed by atoms with Crippen LogP contribution in [0.25, 0.3) is 0 Å². The Morgan fingerprint density at radius 3 is 0.782 bits per heavy atom. The maximum atomic E-state index is 12.5. The molecule has 0 aliphatic rings. The Balaban J connectivity index is 3.33. The van der Waals surface area contributed by atoms with Crippen molar-refractivity contribution in [3.8, 4) is 0 Å². The van der Waals surface area contributed by atoms with Gasteiger partial charge in [0.05, 0.1) is 25.4 Å². The molecule has 0 rings (SSSR count). The quantitative estimate of drug-likeness (QED) is 0.0417. The molecule has 0 aromatic heterocycles. The van der Waals surface area contributed by atoms with Gasteiger partial charge in [-0.05, 0) is 25.7 Å². The van der Waals surface area contributed by atoms with Gasteiger partial charge in [0, 0.05) is 12.8 Å². The number of ether oxygens (including phenoxy) is 1. The van der Waals surface area contributed by atoms with Crippen LogP contribution in [-0.2, 0) is 14.3 Å². The molecule has 0 spiro atoms. The molecule has 0 aromatic rings. The number of esters is 1. The highest BCUT2D eigenvalue weighted by Crippen LogP contribution is 2.20. The van der Waals surface area contributed by atoms with Crippen molar-refractivity contribution in [3.05, 3.63) is 0 Å². The van der Waals surface area contributed by atoms with Gasteiger partial charge in [0.2, 0.25) is 5.91 Å². The predicted molar refractivity (Wildman–Crippen MR) is 343 cm³/mol. The van der Waals surface area contributed by atoms with E-state index in [0.717, 1.165) is 38.5 Å². The van der Waals surface area contributed by atoms with E-state index in [9.17, 15) is 19.8 Å². The summed E-state index contributed by atoms with van der Waals surface area (Å²) in [5, 5.41) is 23.4. The summed E-state index contributed by atoms with van der Waals surface area (Å²) in [6.45, 7) is 5.01. The molecule has 0 aromatic carbocycles. The second-order valence-corrected chi connectivity index (χ2v) is 25.3. The number of hydrogen-bond acceptors (Lipinski definition) is 5. The number of aliphatic hydroxyl groups is 2. The summed E-state index contributed by atoms with van der Waals surface area (Å²) in [6, 6.07) is -0.539. The van der Waals surface area contributed by atoms with Crippen LogP contribution in [0.3, 0.4) is 0 Å². The molecule has 0 saturated heterocycles. The fourth-order valence-electron chi connectivity index (χ4n) is 11.9. The fraction of sp³-hybridized carbons (Fsp3) is 0.972. The van der Waals surface area contributed by atoms with E-state index >= 15 is 0 Å². The standard InChI is InChI=1S/C72H143NO5/c1-3-5-7-9-11-13-15-17-19-21-33-36-40-44-48-52-56-60-64-70(75)69(68-74)73-71(76)65-61-57-53-49-45-41-37-34-31-29-27-25-23-22-24-26-28-30-32-35-39-43-47-51-55-59-63-67-78-72(77)66-62-58-54-50-46-42-38-20-18-16-14-12-10-8-6-4-2/h69-70,74-75H,3-68H2,1-2H3,(H,73,76). The molecule has 2 unspecified atom stereocenters. The Bertz CT molecular complexity index is 1130. The third-order valence-corrected chi connectivity index (χ3v) is 17.4. The zero-order valence-electron chi connectivity index (χ0n) is 53.4. The highest BCUT2D eigenvalue weighted by atomic mass is 16.5. The number of amides is 1. The molecular formula is C72H143NO5. The third kappa shape index (κ3) is 64.0. The molecule has 0 aliphatic carbocycles. The van der Waals surface area contributed by atoms with Crippen molar-refractivity contribution in [3.63, 3.8) is 0 Å². The lowest BCUT2D eigenvalue weighted by Gasteiger charge is -2.22. The molecule has 1 amide bonds. The van der Waals surface area contributed by atoms with Gasteiger partial charge >= 0.3 is 5.97 Å². The fourth-order valence-corrected chi connectivity index (χ4v) is 11.9. The SMILES string of the molecule is CCCCCCCCCCCCCCCCCCCCC(O)C(CO)NC(=O)CCCCCCCCCCCCCCCCCCCCCCCCCCCCCOC(=O)CCCCCCCCCCCCCCCCCC. The van der Waals surface area contributed by atoms with Crippen LogP contribution in [0.5, 0.6) is 0 Å². The molecule has 3 N–H and O–H groups in total. The van der Waals surface area contributed by atoms with Crippen LogP contribution in [0, 0.1) is 0 Å². The summed E-state index contributed by atoms with van der Waals surface area (Å²) in [4.78, 5) is 24.6. The number of unbranched alkanes of at least 4 members (excludes halogenated alkanes) is 58. The molecule has 0 radical (unpaired) electrons. The lowest BCUT2D eigenvalue weighted by Crippen LogP contribution is -2.45. The van der Waals surface area contributed by atoms with Gasteiger partial charge in [-0.2, -0.15) is 0 Å². The van der Waals surface area contributed by atoms with Crippen molar-refractivity contribution >= 4 is 11.9 Å². The number of hydrogen-bond donors (Lipinski definition) is 3. The molecule has 0 heterocycles. The average molecular weight is 1100 g/mol. The Labute approximate surface area is 489 Å². The van der Waals surface area contributed by atoms with E-state index in [1.54, 1.807) is 0 Å². The van der Waals surface area contributed by atoms with Crippen LogP contribution in [-0.4, -0.2) is 47.4 Å². The smallest absolute Gasteiger partial charge is 0.305 e. The summed E-state index contributed by atoms with van der Waals surface area (Å²) in [5.41, 5.74) is 0. The Morgan fingerprint density at radius 2 is 0.526 bits per heavy atom. The average Bonchev–Trinajstić information content (AvgIpc) is 3.44. The monoisotopic (exact) mass is 1100 g/mol. The van der Waals surface area contributed by atoms with E-state index in [0.29, 0.717) is 25.9 Å². The number of rotatable bonds is 69. The molecule has 2 atom stereocenters. The summed E-state index contributed by atoms with van der Waals surface area (Å²) >= 11 is 0. The first-order valence-electron chi connectivity index (χ1n) is 36.3. The highest BCUT2D eigenvalue weighted by Gasteiger charge is 2.20. The van der Waals surface area contributed by atoms with Crippen molar-refractivity contribution in [1.29, 1.82) is 0 Å². The van der Waals surface area contributed by atoms with E-state index in [1.165, 1.54) is 353 Å². The molecule has 78 heavy (non-hydrogen) atoms. The zero-order valence-corrected chi connectivity index (χ0v) is 53.4. The van der Waals surface area contributed by atoms with Gasteiger partial charge in [-0.3, -0.25) is 9.59 Å². The van der Waals surface area contributed by atoms with Gasteiger partial charge < -0.3 is 20.3 Å². The second-order valence-electron chi connectivity index (χ2n) is 25.3. The van der Waals surface area contributed by atoms with Gasteiger partial charge in [-0.1, -0.05) is 386 Å². The molecule has 0 fully saturated rings. The summed E-state index contributed by atoms with van der Waals surface area (Å²) < 4.78 is 5.51. The minimum Gasteiger partial charge on any atom is -0.466 e. The largest absolute Gasteiger partial charge is 0.466 e. The highest BCUT2D eigenvalue weighted by molar-refractivity contribution is 5.76. The number of aliphatic hydroxyl groups excluding tert-OH is 2.